The third-order valence-corrected chi connectivity index (χ3v) is 2.01. The van der Waals surface area contributed by atoms with E-state index in [4.69, 9.17) is 14.6 Å². The zero-order valence-electron chi connectivity index (χ0n) is 9.49. The van der Waals surface area contributed by atoms with Crippen molar-refractivity contribution in [2.75, 3.05) is 13.7 Å². The van der Waals surface area contributed by atoms with Gasteiger partial charge in [0.25, 0.3) is 0 Å². The largest absolute Gasteiger partial charge is 0.497 e. The van der Waals surface area contributed by atoms with Gasteiger partial charge in [0.1, 0.15) is 11.5 Å². The van der Waals surface area contributed by atoms with Gasteiger partial charge >= 0.3 is 0 Å². The van der Waals surface area contributed by atoms with Crippen LogP contribution in [0.4, 0.5) is 0 Å². The van der Waals surface area contributed by atoms with Crippen LogP contribution in [-0.2, 0) is 6.61 Å². The van der Waals surface area contributed by atoms with Gasteiger partial charge in [-0.25, -0.2) is 0 Å². The Labute approximate surface area is 90.6 Å². The fourth-order valence-corrected chi connectivity index (χ4v) is 1.20. The summed E-state index contributed by atoms with van der Waals surface area (Å²) < 4.78 is 10.6. The van der Waals surface area contributed by atoms with E-state index in [0.717, 1.165) is 17.1 Å². The molecule has 1 N–H and O–H groups in total. The van der Waals surface area contributed by atoms with Crippen molar-refractivity contribution >= 4 is 0 Å². The zero-order valence-corrected chi connectivity index (χ0v) is 9.49. The smallest absolute Gasteiger partial charge is 0.125 e. The monoisotopic (exact) mass is 210 g/mol. The Kier molecular flexibility index (Phi) is 4.43. The molecule has 1 aromatic rings. The maximum atomic E-state index is 9.17. The summed E-state index contributed by atoms with van der Waals surface area (Å²) in [6.07, 6.45) is 0. The van der Waals surface area contributed by atoms with Gasteiger partial charge in [0, 0.05) is 5.56 Å². The number of methoxy groups -OCH3 is 1. The van der Waals surface area contributed by atoms with Crippen molar-refractivity contribution in [3.8, 4) is 11.5 Å². The van der Waals surface area contributed by atoms with Crippen molar-refractivity contribution < 1.29 is 14.6 Å². The molecule has 0 fully saturated rings. The summed E-state index contributed by atoms with van der Waals surface area (Å²) in [4.78, 5) is 0. The minimum Gasteiger partial charge on any atom is -0.497 e. The first-order chi connectivity index (χ1) is 7.17. The van der Waals surface area contributed by atoms with Gasteiger partial charge in [-0.1, -0.05) is 13.8 Å². The van der Waals surface area contributed by atoms with Crippen LogP contribution in [0.25, 0.3) is 0 Å². The summed E-state index contributed by atoms with van der Waals surface area (Å²) in [6, 6.07) is 5.44. The van der Waals surface area contributed by atoms with E-state index in [1.165, 1.54) is 0 Å². The Bertz CT molecular complexity index is 308. The van der Waals surface area contributed by atoms with E-state index < -0.39 is 0 Å². The number of rotatable bonds is 5. The van der Waals surface area contributed by atoms with Gasteiger partial charge in [-0.15, -0.1) is 0 Å². The molecule has 3 nitrogen and oxygen atoms in total. The van der Waals surface area contributed by atoms with Gasteiger partial charge in [0.15, 0.2) is 0 Å². The molecule has 0 heterocycles. The van der Waals surface area contributed by atoms with E-state index in [0.29, 0.717) is 12.5 Å². The molecule has 0 saturated carbocycles. The molecule has 0 radical (unpaired) electrons. The van der Waals surface area contributed by atoms with Gasteiger partial charge in [-0.3, -0.25) is 0 Å². The second-order valence-electron chi connectivity index (χ2n) is 3.84. The third kappa shape index (κ3) is 3.44. The molecule has 0 amide bonds. The lowest BCUT2D eigenvalue weighted by atomic mass is 10.2. The lowest BCUT2D eigenvalue weighted by Gasteiger charge is -2.12. The van der Waals surface area contributed by atoms with Crippen molar-refractivity contribution in [3.05, 3.63) is 23.8 Å². The van der Waals surface area contributed by atoms with Crippen LogP contribution in [0.5, 0.6) is 11.5 Å². The Morgan fingerprint density at radius 2 is 2.07 bits per heavy atom. The molecule has 0 aliphatic heterocycles. The van der Waals surface area contributed by atoms with Gasteiger partial charge in [0.2, 0.25) is 0 Å². The number of hydrogen-bond donors (Lipinski definition) is 1. The molecule has 0 bridgehead atoms. The van der Waals surface area contributed by atoms with Crippen LogP contribution in [0, 0.1) is 5.92 Å². The second-order valence-corrected chi connectivity index (χ2v) is 3.84. The average molecular weight is 210 g/mol. The van der Waals surface area contributed by atoms with Crippen molar-refractivity contribution in [2.45, 2.75) is 20.5 Å². The predicted molar refractivity (Wildman–Crippen MR) is 59.2 cm³/mol. The molecule has 0 atom stereocenters. The van der Waals surface area contributed by atoms with Crippen LogP contribution >= 0.6 is 0 Å². The van der Waals surface area contributed by atoms with E-state index in [-0.39, 0.29) is 6.61 Å². The van der Waals surface area contributed by atoms with Gasteiger partial charge in [-0.05, 0) is 24.1 Å². The zero-order chi connectivity index (χ0) is 11.3. The molecule has 0 spiro atoms. The summed E-state index contributed by atoms with van der Waals surface area (Å²) in [5.74, 6) is 1.93. The quantitative estimate of drug-likeness (QED) is 0.810. The van der Waals surface area contributed by atoms with E-state index in [1.54, 1.807) is 13.2 Å². The molecule has 1 rings (SSSR count). The van der Waals surface area contributed by atoms with Crippen LogP contribution in [0.1, 0.15) is 19.4 Å². The fraction of sp³-hybridized carbons (Fsp3) is 0.500. The lowest BCUT2D eigenvalue weighted by Crippen LogP contribution is -2.06. The van der Waals surface area contributed by atoms with E-state index in [9.17, 15) is 0 Å². The third-order valence-electron chi connectivity index (χ3n) is 2.01. The highest BCUT2D eigenvalue weighted by atomic mass is 16.5. The molecule has 3 heteroatoms. The first kappa shape index (κ1) is 11.9. The van der Waals surface area contributed by atoms with Crippen LogP contribution in [0.3, 0.4) is 0 Å². The minimum absolute atomic E-state index is 0.0371. The molecular weight excluding hydrogens is 192 g/mol. The van der Waals surface area contributed by atoms with Crippen molar-refractivity contribution in [1.29, 1.82) is 0 Å². The normalized spacial score (nSPS) is 10.5. The molecule has 0 aromatic heterocycles. The average Bonchev–Trinajstić information content (AvgIpc) is 2.25. The lowest BCUT2D eigenvalue weighted by molar-refractivity contribution is 0.245. The maximum Gasteiger partial charge on any atom is 0.125 e. The topological polar surface area (TPSA) is 38.7 Å². The summed E-state index contributed by atoms with van der Waals surface area (Å²) in [5.41, 5.74) is 0.759. The molecule has 84 valence electrons. The number of aliphatic hydroxyl groups is 1. The molecule has 0 saturated heterocycles. The summed E-state index contributed by atoms with van der Waals surface area (Å²) in [5, 5.41) is 9.17. The number of benzene rings is 1. The number of hydrogen-bond acceptors (Lipinski definition) is 3. The van der Waals surface area contributed by atoms with Gasteiger partial charge in [-0.2, -0.15) is 0 Å². The second kappa shape index (κ2) is 5.61. The summed E-state index contributed by atoms with van der Waals surface area (Å²) >= 11 is 0. The van der Waals surface area contributed by atoms with Crippen LogP contribution < -0.4 is 9.47 Å². The Balaban J connectivity index is 2.78. The maximum absolute atomic E-state index is 9.17. The first-order valence-electron chi connectivity index (χ1n) is 5.08. The SMILES string of the molecule is COc1ccc(OCC(C)C)c(CO)c1. The van der Waals surface area contributed by atoms with E-state index >= 15 is 0 Å². The first-order valence-corrected chi connectivity index (χ1v) is 5.08. The summed E-state index contributed by atoms with van der Waals surface area (Å²) in [6.45, 7) is 4.79. The minimum atomic E-state index is -0.0371. The van der Waals surface area contributed by atoms with Gasteiger partial charge < -0.3 is 14.6 Å². The van der Waals surface area contributed by atoms with Crippen molar-refractivity contribution in [2.24, 2.45) is 5.92 Å². The van der Waals surface area contributed by atoms with Crippen LogP contribution in [0.15, 0.2) is 18.2 Å². The van der Waals surface area contributed by atoms with Crippen LogP contribution in [0.2, 0.25) is 0 Å². The van der Waals surface area contributed by atoms with E-state index in [2.05, 4.69) is 13.8 Å². The Morgan fingerprint density at radius 1 is 1.33 bits per heavy atom. The molecule has 0 unspecified atom stereocenters. The van der Waals surface area contributed by atoms with Crippen molar-refractivity contribution in [1.82, 2.24) is 0 Å². The number of aliphatic hydroxyl groups excluding tert-OH is 1. The Morgan fingerprint density at radius 3 is 2.60 bits per heavy atom. The molecule has 1 aromatic carbocycles. The molecule has 0 aliphatic carbocycles. The summed E-state index contributed by atoms with van der Waals surface area (Å²) in [7, 11) is 1.60. The molecule has 0 aliphatic rings. The molecular formula is C12H18O3. The van der Waals surface area contributed by atoms with Crippen molar-refractivity contribution in [3.63, 3.8) is 0 Å². The van der Waals surface area contributed by atoms with E-state index in [1.807, 2.05) is 12.1 Å². The highest BCUT2D eigenvalue weighted by Crippen LogP contribution is 2.24. The van der Waals surface area contributed by atoms with Crippen LogP contribution in [-0.4, -0.2) is 18.8 Å². The predicted octanol–water partition coefficient (Wildman–Crippen LogP) is 2.22. The highest BCUT2D eigenvalue weighted by Gasteiger charge is 2.05. The Hall–Kier alpha value is -1.22. The highest BCUT2D eigenvalue weighted by molar-refractivity contribution is 5.39. The number of ether oxygens (including phenoxy) is 2. The standard InChI is InChI=1S/C12H18O3/c1-9(2)8-15-12-5-4-11(14-3)6-10(12)7-13/h4-6,9,13H,7-8H2,1-3H3. The fourth-order valence-electron chi connectivity index (χ4n) is 1.20. The van der Waals surface area contributed by atoms with Gasteiger partial charge in [0.05, 0.1) is 20.3 Å². The molecule has 15 heavy (non-hydrogen) atoms.